The van der Waals surface area contributed by atoms with Crippen molar-refractivity contribution in [1.82, 2.24) is 0 Å². The average molecular weight is 727 g/mol. The highest BCUT2D eigenvalue weighted by atomic mass is 17.2. The normalized spacial score (nSPS) is 13.3. The van der Waals surface area contributed by atoms with E-state index in [4.69, 9.17) is 19.2 Å². The van der Waals surface area contributed by atoms with E-state index in [0.717, 1.165) is 33.4 Å². The first-order chi connectivity index (χ1) is 23.4. The molecule has 0 spiro atoms. The van der Waals surface area contributed by atoms with Crippen molar-refractivity contribution in [2.24, 2.45) is 0 Å². The standard InChI is InChI=1S/C44H70O8/c1-39(2,3)31-25-29(26-32(37(31)47)40(4,5)6)17-19-35(45)49-23-21-43(13,14)51-52-44(15,16)22-24-50-36(46)20-18-30-27-33(41(7,8)9)38(48)34(28-30)42(10,11)12/h25-28,47-48H,17-24H2,1-16H3. The summed E-state index contributed by atoms with van der Waals surface area (Å²) in [7, 11) is 0. The maximum atomic E-state index is 12.7. The SMILES string of the molecule is CC(C)(CCOC(=O)CCc1cc(C(C)(C)C)c(O)c(C(C)(C)C)c1)OOC(C)(C)CCOC(=O)CCc1cc(C(C)(C)C)c(O)c(C(C)(C)C)c1. The minimum Gasteiger partial charge on any atom is -0.507 e. The largest absolute Gasteiger partial charge is 0.507 e. The van der Waals surface area contributed by atoms with E-state index in [1.807, 2.05) is 52.0 Å². The Labute approximate surface area is 314 Å². The zero-order valence-corrected chi connectivity index (χ0v) is 35.3. The van der Waals surface area contributed by atoms with Crippen LogP contribution in [0.25, 0.3) is 0 Å². The Morgan fingerprint density at radius 2 is 0.731 bits per heavy atom. The van der Waals surface area contributed by atoms with E-state index in [9.17, 15) is 19.8 Å². The molecule has 0 saturated heterocycles. The first-order valence-corrected chi connectivity index (χ1v) is 18.8. The maximum absolute atomic E-state index is 12.7. The van der Waals surface area contributed by atoms with Crippen LogP contribution in [0, 0.1) is 0 Å². The van der Waals surface area contributed by atoms with Crippen LogP contribution in [0.4, 0.5) is 0 Å². The van der Waals surface area contributed by atoms with Crippen LogP contribution >= 0.6 is 0 Å². The summed E-state index contributed by atoms with van der Waals surface area (Å²) in [5.41, 5.74) is 3.08. The van der Waals surface area contributed by atoms with Gasteiger partial charge in [-0.1, -0.05) is 107 Å². The van der Waals surface area contributed by atoms with E-state index in [1.54, 1.807) is 0 Å². The summed E-state index contributed by atoms with van der Waals surface area (Å²) in [6.07, 6.45) is 2.34. The smallest absolute Gasteiger partial charge is 0.306 e. The van der Waals surface area contributed by atoms with Gasteiger partial charge in [0, 0.05) is 25.7 Å². The van der Waals surface area contributed by atoms with E-state index >= 15 is 0 Å². The van der Waals surface area contributed by atoms with Gasteiger partial charge in [0.2, 0.25) is 0 Å². The van der Waals surface area contributed by atoms with Crippen molar-refractivity contribution in [2.75, 3.05) is 13.2 Å². The molecule has 0 saturated carbocycles. The number of phenolic OH excluding ortho intramolecular Hbond substituents is 2. The molecule has 0 aromatic heterocycles. The molecular formula is C44H70O8. The van der Waals surface area contributed by atoms with Gasteiger partial charge < -0.3 is 19.7 Å². The molecule has 8 heteroatoms. The van der Waals surface area contributed by atoms with E-state index in [1.165, 1.54) is 0 Å². The molecule has 0 heterocycles. The number of esters is 2. The van der Waals surface area contributed by atoms with E-state index in [2.05, 4.69) is 83.1 Å². The van der Waals surface area contributed by atoms with Gasteiger partial charge in [-0.3, -0.25) is 9.59 Å². The molecule has 0 aliphatic heterocycles. The lowest BCUT2D eigenvalue weighted by Gasteiger charge is -2.30. The molecule has 8 nitrogen and oxygen atoms in total. The van der Waals surface area contributed by atoms with Crippen LogP contribution in [0.1, 0.15) is 170 Å². The third-order valence-corrected chi connectivity index (χ3v) is 9.23. The third kappa shape index (κ3) is 14.0. The number of carbonyl (C=O) groups excluding carboxylic acids is 2. The van der Waals surface area contributed by atoms with Crippen molar-refractivity contribution in [3.63, 3.8) is 0 Å². The van der Waals surface area contributed by atoms with Gasteiger partial charge in [-0.05, 0) is 95.6 Å². The number of aromatic hydroxyl groups is 2. The quantitative estimate of drug-likeness (QED) is 0.106. The Bertz CT molecular complexity index is 1340. The van der Waals surface area contributed by atoms with Crippen molar-refractivity contribution in [1.29, 1.82) is 0 Å². The van der Waals surface area contributed by atoms with E-state index in [0.29, 0.717) is 37.2 Å². The predicted octanol–water partition coefficient (Wildman–Crippen LogP) is 10.2. The molecule has 0 atom stereocenters. The number of benzene rings is 2. The molecule has 2 aromatic rings. The summed E-state index contributed by atoms with van der Waals surface area (Å²) < 4.78 is 11.1. The fraction of sp³-hybridized carbons (Fsp3) is 0.682. The molecule has 0 unspecified atom stereocenters. The molecule has 0 fully saturated rings. The first kappa shape index (κ1) is 45.1. The van der Waals surface area contributed by atoms with Crippen molar-refractivity contribution in [2.45, 2.75) is 182 Å². The van der Waals surface area contributed by atoms with Crippen molar-refractivity contribution in [3.05, 3.63) is 57.6 Å². The molecule has 0 aliphatic rings. The molecule has 2 N–H and O–H groups in total. The van der Waals surface area contributed by atoms with Gasteiger partial charge in [-0.25, -0.2) is 9.78 Å². The summed E-state index contributed by atoms with van der Waals surface area (Å²) >= 11 is 0. The summed E-state index contributed by atoms with van der Waals surface area (Å²) in [5.74, 6) is 0.0605. The van der Waals surface area contributed by atoms with Gasteiger partial charge >= 0.3 is 11.9 Å². The average Bonchev–Trinajstić information content (AvgIpc) is 2.96. The highest BCUT2D eigenvalue weighted by Crippen LogP contribution is 2.41. The summed E-state index contributed by atoms with van der Waals surface area (Å²) in [4.78, 5) is 36.9. The lowest BCUT2D eigenvalue weighted by atomic mass is 9.78. The molecule has 0 amide bonds. The van der Waals surface area contributed by atoms with Crippen LogP contribution in [0.15, 0.2) is 24.3 Å². The van der Waals surface area contributed by atoms with Gasteiger partial charge in [-0.15, -0.1) is 0 Å². The Hall–Kier alpha value is -3.10. The Balaban J connectivity index is 1.82. The topological polar surface area (TPSA) is 112 Å². The molecule has 52 heavy (non-hydrogen) atoms. The van der Waals surface area contributed by atoms with Crippen LogP contribution in [0.3, 0.4) is 0 Å². The Kier molecular flexibility index (Phi) is 14.7. The maximum Gasteiger partial charge on any atom is 0.306 e. The lowest BCUT2D eigenvalue weighted by Crippen LogP contribution is -2.34. The second-order valence-electron chi connectivity index (χ2n) is 19.7. The van der Waals surface area contributed by atoms with Gasteiger partial charge in [-0.2, -0.15) is 0 Å². The minimum absolute atomic E-state index is 0.179. The van der Waals surface area contributed by atoms with Crippen molar-refractivity contribution < 1.29 is 39.1 Å². The highest BCUT2D eigenvalue weighted by Gasteiger charge is 2.30. The number of aryl methyl sites for hydroxylation is 2. The Morgan fingerprint density at radius 1 is 0.481 bits per heavy atom. The third-order valence-electron chi connectivity index (χ3n) is 9.23. The molecular weight excluding hydrogens is 656 g/mol. The number of rotatable bonds is 15. The van der Waals surface area contributed by atoms with E-state index < -0.39 is 11.2 Å². The molecule has 294 valence electrons. The van der Waals surface area contributed by atoms with Gasteiger partial charge in [0.15, 0.2) is 0 Å². The number of carbonyl (C=O) groups is 2. The van der Waals surface area contributed by atoms with Crippen molar-refractivity contribution in [3.8, 4) is 11.5 Å². The second-order valence-corrected chi connectivity index (χ2v) is 19.7. The summed E-state index contributed by atoms with van der Waals surface area (Å²) in [5, 5.41) is 22.0. The lowest BCUT2D eigenvalue weighted by molar-refractivity contribution is -0.403. The molecule has 2 rings (SSSR count). The summed E-state index contributed by atoms with van der Waals surface area (Å²) in [6, 6.07) is 7.99. The van der Waals surface area contributed by atoms with Crippen LogP contribution in [-0.2, 0) is 63.3 Å². The zero-order valence-electron chi connectivity index (χ0n) is 35.3. The van der Waals surface area contributed by atoms with Crippen LogP contribution in [0.2, 0.25) is 0 Å². The molecule has 0 radical (unpaired) electrons. The number of hydrogen-bond donors (Lipinski definition) is 2. The van der Waals surface area contributed by atoms with Crippen LogP contribution in [-0.4, -0.2) is 46.6 Å². The predicted molar refractivity (Wildman–Crippen MR) is 209 cm³/mol. The zero-order chi connectivity index (χ0) is 40.1. The van der Waals surface area contributed by atoms with Crippen molar-refractivity contribution >= 4 is 11.9 Å². The fourth-order valence-electron chi connectivity index (χ4n) is 5.73. The fourth-order valence-corrected chi connectivity index (χ4v) is 5.73. The Morgan fingerprint density at radius 3 is 0.962 bits per heavy atom. The number of hydrogen-bond acceptors (Lipinski definition) is 8. The van der Waals surface area contributed by atoms with Gasteiger partial charge in [0.25, 0.3) is 0 Å². The van der Waals surface area contributed by atoms with Gasteiger partial charge in [0.1, 0.15) is 22.7 Å². The molecule has 0 aliphatic carbocycles. The molecule has 2 aromatic carbocycles. The van der Waals surface area contributed by atoms with E-state index in [-0.39, 0.29) is 59.7 Å². The minimum atomic E-state index is -0.726. The van der Waals surface area contributed by atoms with Crippen LogP contribution < -0.4 is 0 Å². The first-order valence-electron chi connectivity index (χ1n) is 18.8. The summed E-state index contributed by atoms with van der Waals surface area (Å²) in [6.45, 7) is 32.7. The molecule has 0 bridgehead atoms. The number of ether oxygens (including phenoxy) is 2. The highest BCUT2D eigenvalue weighted by molar-refractivity contribution is 5.70. The van der Waals surface area contributed by atoms with Gasteiger partial charge in [0.05, 0.1) is 13.2 Å². The second kappa shape index (κ2) is 16.9. The van der Waals surface area contributed by atoms with Crippen LogP contribution in [0.5, 0.6) is 11.5 Å². The monoisotopic (exact) mass is 727 g/mol. The number of phenols is 2.